The first kappa shape index (κ1) is 12.9. The molecule has 0 amide bonds. The van der Waals surface area contributed by atoms with Crippen LogP contribution in [0.15, 0.2) is 33.4 Å². The van der Waals surface area contributed by atoms with E-state index in [9.17, 15) is 0 Å². The number of nitrogens with zero attached hydrogens (tertiary/aromatic N) is 1. The minimum absolute atomic E-state index is 0.731. The van der Waals surface area contributed by atoms with Crippen LogP contribution in [0.5, 0.6) is 0 Å². The fourth-order valence-corrected chi connectivity index (χ4v) is 2.81. The Labute approximate surface area is 118 Å². The van der Waals surface area contributed by atoms with E-state index in [2.05, 4.69) is 46.2 Å². The highest BCUT2D eigenvalue weighted by Crippen LogP contribution is 2.20. The predicted molar refractivity (Wildman–Crippen MR) is 78.1 cm³/mol. The summed E-state index contributed by atoms with van der Waals surface area (Å²) in [6.07, 6.45) is 2.63. The monoisotopic (exact) mass is 276 g/mol. The van der Waals surface area contributed by atoms with Crippen LogP contribution in [0.1, 0.15) is 29.9 Å². The molecule has 0 bridgehead atoms. The molecule has 2 aromatic rings. The third kappa shape index (κ3) is 3.93. The van der Waals surface area contributed by atoms with Crippen molar-refractivity contribution >= 4 is 11.3 Å². The summed E-state index contributed by atoms with van der Waals surface area (Å²) in [5.74, 6) is 2.09. The molecule has 0 saturated heterocycles. The Bertz CT molecular complexity index is 502. The first-order valence-corrected chi connectivity index (χ1v) is 7.74. The zero-order valence-electron chi connectivity index (χ0n) is 11.3. The van der Waals surface area contributed by atoms with Crippen LogP contribution in [0.4, 0.5) is 0 Å². The molecule has 0 unspecified atom stereocenters. The summed E-state index contributed by atoms with van der Waals surface area (Å²) in [4.78, 5) is 2.28. The van der Waals surface area contributed by atoms with Crippen LogP contribution in [0, 0.1) is 0 Å². The number of rotatable bonds is 7. The minimum atomic E-state index is 0.731. The quantitative estimate of drug-likeness (QED) is 0.841. The van der Waals surface area contributed by atoms with Gasteiger partial charge in [-0.3, -0.25) is 4.90 Å². The fraction of sp³-hybridized carbons (Fsp3) is 0.467. The Hall–Kier alpha value is -1.10. The molecule has 2 aromatic heterocycles. The summed E-state index contributed by atoms with van der Waals surface area (Å²) in [5, 5.41) is 7.79. The molecule has 0 aliphatic heterocycles. The van der Waals surface area contributed by atoms with Crippen LogP contribution < -0.4 is 5.32 Å². The maximum atomic E-state index is 5.85. The van der Waals surface area contributed by atoms with E-state index in [0.717, 1.165) is 37.2 Å². The van der Waals surface area contributed by atoms with Crippen LogP contribution in [0.2, 0.25) is 0 Å². The van der Waals surface area contributed by atoms with Gasteiger partial charge in [0.25, 0.3) is 0 Å². The van der Waals surface area contributed by atoms with E-state index in [1.54, 1.807) is 11.3 Å². The van der Waals surface area contributed by atoms with Gasteiger partial charge in [-0.15, -0.1) is 0 Å². The summed E-state index contributed by atoms with van der Waals surface area (Å²) in [7, 11) is 2.13. The molecule has 1 aliphatic rings. The largest absolute Gasteiger partial charge is 0.463 e. The van der Waals surface area contributed by atoms with Gasteiger partial charge in [0.15, 0.2) is 0 Å². The molecule has 0 spiro atoms. The molecule has 4 heteroatoms. The van der Waals surface area contributed by atoms with Gasteiger partial charge in [0, 0.05) is 12.6 Å². The Kier molecular flexibility index (Phi) is 4.01. The number of furan rings is 1. The second-order valence-corrected chi connectivity index (χ2v) is 6.11. The molecule has 1 aliphatic carbocycles. The lowest BCUT2D eigenvalue weighted by atomic mass is 10.3. The van der Waals surface area contributed by atoms with Crippen LogP contribution in [0.3, 0.4) is 0 Å². The average Bonchev–Trinajstić information content (AvgIpc) is 2.88. The standard InChI is InChI=1S/C15H20N2OS/c1-17(9-12-6-7-19-11-12)10-15-5-4-14(18-15)8-16-13-2-3-13/h4-7,11,13,16H,2-3,8-10H2,1H3. The topological polar surface area (TPSA) is 28.4 Å². The zero-order chi connectivity index (χ0) is 13.1. The summed E-state index contributed by atoms with van der Waals surface area (Å²) in [6.45, 7) is 2.69. The average molecular weight is 276 g/mol. The Morgan fingerprint density at radius 3 is 2.84 bits per heavy atom. The second-order valence-electron chi connectivity index (χ2n) is 5.33. The number of hydrogen-bond donors (Lipinski definition) is 1. The molecule has 1 saturated carbocycles. The number of nitrogens with one attached hydrogen (secondary N) is 1. The Morgan fingerprint density at radius 1 is 1.26 bits per heavy atom. The Morgan fingerprint density at radius 2 is 2.11 bits per heavy atom. The maximum Gasteiger partial charge on any atom is 0.118 e. The van der Waals surface area contributed by atoms with Crippen molar-refractivity contribution in [3.63, 3.8) is 0 Å². The van der Waals surface area contributed by atoms with Crippen molar-refractivity contribution in [2.75, 3.05) is 7.05 Å². The van der Waals surface area contributed by atoms with E-state index >= 15 is 0 Å². The van der Waals surface area contributed by atoms with Crippen molar-refractivity contribution in [1.29, 1.82) is 0 Å². The summed E-state index contributed by atoms with van der Waals surface area (Å²) >= 11 is 1.75. The van der Waals surface area contributed by atoms with Gasteiger partial charge < -0.3 is 9.73 Å². The van der Waals surface area contributed by atoms with Gasteiger partial charge >= 0.3 is 0 Å². The fourth-order valence-electron chi connectivity index (χ4n) is 2.15. The molecule has 1 fully saturated rings. The molecule has 102 valence electrons. The maximum absolute atomic E-state index is 5.85. The van der Waals surface area contributed by atoms with Gasteiger partial charge in [0.1, 0.15) is 11.5 Å². The summed E-state index contributed by atoms with van der Waals surface area (Å²) in [6, 6.07) is 7.08. The molecule has 0 radical (unpaired) electrons. The van der Waals surface area contributed by atoms with Crippen LogP contribution in [-0.2, 0) is 19.6 Å². The molecular weight excluding hydrogens is 256 g/mol. The third-order valence-corrected chi connectivity index (χ3v) is 4.05. The predicted octanol–water partition coefficient (Wildman–Crippen LogP) is 3.23. The molecule has 0 atom stereocenters. The van der Waals surface area contributed by atoms with Crippen molar-refractivity contribution in [1.82, 2.24) is 10.2 Å². The lowest BCUT2D eigenvalue weighted by Gasteiger charge is -2.13. The zero-order valence-corrected chi connectivity index (χ0v) is 12.1. The smallest absolute Gasteiger partial charge is 0.118 e. The van der Waals surface area contributed by atoms with Crippen LogP contribution in [0.25, 0.3) is 0 Å². The second kappa shape index (κ2) is 5.90. The van der Waals surface area contributed by atoms with Gasteiger partial charge in [0.2, 0.25) is 0 Å². The molecular formula is C15H20N2OS. The number of hydrogen-bond acceptors (Lipinski definition) is 4. The lowest BCUT2D eigenvalue weighted by molar-refractivity contribution is 0.283. The molecule has 2 heterocycles. The van der Waals surface area contributed by atoms with E-state index in [1.807, 2.05) is 0 Å². The van der Waals surface area contributed by atoms with E-state index in [4.69, 9.17) is 4.42 Å². The van der Waals surface area contributed by atoms with E-state index in [0.29, 0.717) is 0 Å². The molecule has 3 rings (SSSR count). The van der Waals surface area contributed by atoms with Gasteiger partial charge in [-0.05, 0) is 54.4 Å². The highest BCUT2D eigenvalue weighted by atomic mass is 32.1. The lowest BCUT2D eigenvalue weighted by Crippen LogP contribution is -2.16. The SMILES string of the molecule is CN(Cc1ccsc1)Cc1ccc(CNC2CC2)o1. The highest BCUT2D eigenvalue weighted by Gasteiger charge is 2.20. The van der Waals surface area contributed by atoms with Gasteiger partial charge in [-0.1, -0.05) is 0 Å². The van der Waals surface area contributed by atoms with E-state index in [1.165, 1.54) is 18.4 Å². The van der Waals surface area contributed by atoms with Gasteiger partial charge in [-0.2, -0.15) is 11.3 Å². The van der Waals surface area contributed by atoms with E-state index in [-0.39, 0.29) is 0 Å². The van der Waals surface area contributed by atoms with Crippen molar-refractivity contribution < 1.29 is 4.42 Å². The summed E-state index contributed by atoms with van der Waals surface area (Å²) < 4.78 is 5.85. The number of thiophene rings is 1. The van der Waals surface area contributed by atoms with Crippen LogP contribution >= 0.6 is 11.3 Å². The molecule has 1 N–H and O–H groups in total. The van der Waals surface area contributed by atoms with Crippen LogP contribution in [-0.4, -0.2) is 18.0 Å². The Balaban J connectivity index is 1.48. The molecule has 3 nitrogen and oxygen atoms in total. The van der Waals surface area contributed by atoms with Crippen molar-refractivity contribution in [3.05, 3.63) is 46.0 Å². The normalized spacial score (nSPS) is 15.3. The van der Waals surface area contributed by atoms with Crippen molar-refractivity contribution in [2.45, 2.75) is 38.5 Å². The molecule has 19 heavy (non-hydrogen) atoms. The third-order valence-electron chi connectivity index (χ3n) is 3.32. The van der Waals surface area contributed by atoms with Gasteiger partial charge in [-0.25, -0.2) is 0 Å². The van der Waals surface area contributed by atoms with E-state index < -0.39 is 0 Å². The van der Waals surface area contributed by atoms with Crippen molar-refractivity contribution in [3.8, 4) is 0 Å². The highest BCUT2D eigenvalue weighted by molar-refractivity contribution is 7.07. The van der Waals surface area contributed by atoms with Gasteiger partial charge in [0.05, 0.1) is 13.1 Å². The first-order chi connectivity index (χ1) is 9.29. The summed E-state index contributed by atoms with van der Waals surface area (Å²) in [5.41, 5.74) is 1.37. The van der Waals surface area contributed by atoms with Crippen molar-refractivity contribution in [2.24, 2.45) is 0 Å². The minimum Gasteiger partial charge on any atom is -0.463 e. The first-order valence-electron chi connectivity index (χ1n) is 6.80. The molecule has 0 aromatic carbocycles.